The third-order valence-corrected chi connectivity index (χ3v) is 5.72. The first kappa shape index (κ1) is 18.7. The van der Waals surface area contributed by atoms with Crippen molar-refractivity contribution in [3.05, 3.63) is 56.1 Å². The summed E-state index contributed by atoms with van der Waals surface area (Å²) in [6, 6.07) is 11.1. The number of nitrogens with zero attached hydrogens (tertiary/aromatic N) is 1. The molecule has 0 saturated heterocycles. The lowest BCUT2D eigenvalue weighted by Crippen LogP contribution is -2.20. The number of hydrogen-bond acceptors (Lipinski definition) is 4. The zero-order chi connectivity index (χ0) is 18.8. The molecule has 7 heteroatoms. The molecule has 0 aliphatic rings. The topological polar surface area (TPSA) is 60.3 Å². The van der Waals surface area contributed by atoms with Gasteiger partial charge in [0.05, 0.1) is 10.2 Å². The summed E-state index contributed by atoms with van der Waals surface area (Å²) in [5, 5.41) is 2.81. The van der Waals surface area contributed by atoms with E-state index in [-0.39, 0.29) is 23.4 Å². The van der Waals surface area contributed by atoms with E-state index >= 15 is 0 Å². The number of halogens is 1. The van der Waals surface area contributed by atoms with E-state index in [0.29, 0.717) is 11.4 Å². The van der Waals surface area contributed by atoms with Crippen LogP contribution < -0.4 is 14.9 Å². The van der Waals surface area contributed by atoms with Crippen LogP contribution in [-0.4, -0.2) is 17.1 Å². The zero-order valence-corrected chi connectivity index (χ0v) is 17.1. The molecule has 3 aromatic rings. The van der Waals surface area contributed by atoms with Crippen molar-refractivity contribution in [1.82, 2.24) is 4.57 Å². The van der Waals surface area contributed by atoms with Crippen molar-refractivity contribution in [1.29, 1.82) is 0 Å². The fraction of sp³-hybridized carbons (Fsp3) is 0.263. The number of hydrogen-bond donors (Lipinski definition) is 1. The number of rotatable bonds is 5. The van der Waals surface area contributed by atoms with E-state index in [0.717, 1.165) is 20.3 Å². The first-order valence-electron chi connectivity index (χ1n) is 8.19. The molecule has 0 saturated carbocycles. The van der Waals surface area contributed by atoms with Gasteiger partial charge in [0.2, 0.25) is 0 Å². The van der Waals surface area contributed by atoms with Crippen LogP contribution in [0.3, 0.4) is 0 Å². The minimum Gasteiger partial charge on any atom is -0.484 e. The van der Waals surface area contributed by atoms with Gasteiger partial charge in [-0.15, -0.1) is 0 Å². The fourth-order valence-electron chi connectivity index (χ4n) is 2.66. The lowest BCUT2D eigenvalue weighted by atomic mass is 10.2. The number of carbonyl (C=O) groups is 1. The largest absolute Gasteiger partial charge is 0.484 e. The maximum absolute atomic E-state index is 12.1. The Bertz CT molecular complexity index is 1020. The van der Waals surface area contributed by atoms with E-state index in [9.17, 15) is 9.59 Å². The van der Waals surface area contributed by atoms with Gasteiger partial charge in [-0.05, 0) is 62.7 Å². The first-order valence-corrected chi connectivity index (χ1v) is 9.80. The smallest absolute Gasteiger partial charge is 0.308 e. The Hall–Kier alpha value is -2.12. The minimum absolute atomic E-state index is 0.00687. The standard InChI is InChI=1S/C19H19BrN2O3S/c1-11(2)22-16-7-4-13(9-17(16)26-19(22)24)21-18(23)10-25-14-5-6-15(20)12(3)8-14/h4-9,11H,10H2,1-3H3,(H,21,23). The highest BCUT2D eigenvalue weighted by Crippen LogP contribution is 2.24. The molecule has 1 amide bonds. The second-order valence-corrected chi connectivity index (χ2v) is 8.11. The Labute approximate surface area is 163 Å². The van der Waals surface area contributed by atoms with Crippen LogP contribution in [0.1, 0.15) is 25.5 Å². The van der Waals surface area contributed by atoms with Gasteiger partial charge in [0.15, 0.2) is 6.61 Å². The van der Waals surface area contributed by atoms with Crippen LogP contribution in [0.4, 0.5) is 5.69 Å². The van der Waals surface area contributed by atoms with E-state index in [4.69, 9.17) is 4.74 Å². The van der Waals surface area contributed by atoms with Crippen molar-refractivity contribution in [2.75, 3.05) is 11.9 Å². The summed E-state index contributed by atoms with van der Waals surface area (Å²) in [6.45, 7) is 5.83. The van der Waals surface area contributed by atoms with E-state index in [1.54, 1.807) is 10.6 Å². The third-order valence-electron chi connectivity index (χ3n) is 3.91. The summed E-state index contributed by atoms with van der Waals surface area (Å²) in [6.07, 6.45) is 0. The Morgan fingerprint density at radius 3 is 2.73 bits per heavy atom. The number of aryl methyl sites for hydroxylation is 1. The number of aromatic nitrogens is 1. The van der Waals surface area contributed by atoms with Crippen molar-refractivity contribution in [2.24, 2.45) is 0 Å². The summed E-state index contributed by atoms with van der Waals surface area (Å²) in [4.78, 5) is 24.2. The van der Waals surface area contributed by atoms with Crippen LogP contribution in [0.2, 0.25) is 0 Å². The van der Waals surface area contributed by atoms with E-state index in [2.05, 4.69) is 21.2 Å². The van der Waals surface area contributed by atoms with E-state index in [1.165, 1.54) is 11.3 Å². The van der Waals surface area contributed by atoms with Gasteiger partial charge in [-0.3, -0.25) is 14.2 Å². The molecule has 1 aromatic heterocycles. The third kappa shape index (κ3) is 3.99. The molecule has 1 heterocycles. The Morgan fingerprint density at radius 2 is 2.04 bits per heavy atom. The van der Waals surface area contributed by atoms with Gasteiger partial charge >= 0.3 is 4.87 Å². The molecule has 0 atom stereocenters. The highest BCUT2D eigenvalue weighted by atomic mass is 79.9. The lowest BCUT2D eigenvalue weighted by molar-refractivity contribution is -0.118. The normalized spacial score (nSPS) is 11.1. The van der Waals surface area contributed by atoms with Gasteiger partial charge in [0.25, 0.3) is 5.91 Å². The van der Waals surface area contributed by atoms with Crippen LogP contribution in [0.15, 0.2) is 45.7 Å². The summed E-state index contributed by atoms with van der Waals surface area (Å²) < 4.78 is 9.14. The van der Waals surface area contributed by atoms with Crippen LogP contribution >= 0.6 is 27.3 Å². The summed E-state index contributed by atoms with van der Waals surface area (Å²) in [5.41, 5.74) is 2.57. The van der Waals surface area contributed by atoms with Crippen LogP contribution in [0, 0.1) is 6.92 Å². The van der Waals surface area contributed by atoms with Crippen LogP contribution in [0.25, 0.3) is 10.2 Å². The molecule has 0 unspecified atom stereocenters. The van der Waals surface area contributed by atoms with Gasteiger partial charge in [-0.2, -0.15) is 0 Å². The van der Waals surface area contributed by atoms with Gasteiger partial charge in [0.1, 0.15) is 5.75 Å². The maximum atomic E-state index is 12.1. The van der Waals surface area contributed by atoms with Crippen molar-refractivity contribution >= 4 is 49.1 Å². The van der Waals surface area contributed by atoms with E-state index < -0.39 is 0 Å². The summed E-state index contributed by atoms with van der Waals surface area (Å²) >= 11 is 4.61. The zero-order valence-electron chi connectivity index (χ0n) is 14.7. The number of thiazole rings is 1. The van der Waals surface area contributed by atoms with Gasteiger partial charge in [-0.25, -0.2) is 0 Å². The second kappa shape index (κ2) is 7.63. The highest BCUT2D eigenvalue weighted by molar-refractivity contribution is 9.10. The maximum Gasteiger partial charge on any atom is 0.308 e. The Morgan fingerprint density at radius 1 is 1.27 bits per heavy atom. The first-order chi connectivity index (χ1) is 12.3. The average Bonchev–Trinajstić information content (AvgIpc) is 2.91. The van der Waals surface area contributed by atoms with Gasteiger partial charge < -0.3 is 10.1 Å². The molecule has 26 heavy (non-hydrogen) atoms. The molecule has 1 N–H and O–H groups in total. The Balaban J connectivity index is 1.69. The SMILES string of the molecule is Cc1cc(OCC(=O)Nc2ccc3c(c2)sc(=O)n3C(C)C)ccc1Br. The Kier molecular flexibility index (Phi) is 5.48. The van der Waals surface area contributed by atoms with Gasteiger partial charge in [0, 0.05) is 16.2 Å². The molecule has 5 nitrogen and oxygen atoms in total. The predicted octanol–water partition coefficient (Wildman–Crippen LogP) is 4.73. The number of fused-ring (bicyclic) bond motifs is 1. The number of amides is 1. The van der Waals surface area contributed by atoms with Crippen molar-refractivity contribution < 1.29 is 9.53 Å². The number of carbonyl (C=O) groups excluding carboxylic acids is 1. The van der Waals surface area contributed by atoms with E-state index in [1.807, 2.05) is 51.1 Å². The van der Waals surface area contributed by atoms with Crippen molar-refractivity contribution in [3.63, 3.8) is 0 Å². The molecule has 0 fully saturated rings. The van der Waals surface area contributed by atoms with Crippen molar-refractivity contribution in [2.45, 2.75) is 26.8 Å². The number of nitrogens with one attached hydrogen (secondary N) is 1. The number of benzene rings is 2. The molecular weight excluding hydrogens is 416 g/mol. The fourth-order valence-corrected chi connectivity index (χ4v) is 3.96. The average molecular weight is 435 g/mol. The molecule has 3 rings (SSSR count). The second-order valence-electron chi connectivity index (χ2n) is 6.26. The van der Waals surface area contributed by atoms with Crippen molar-refractivity contribution in [3.8, 4) is 5.75 Å². The molecule has 0 aliphatic heterocycles. The minimum atomic E-state index is -0.249. The van der Waals surface area contributed by atoms with Crippen LogP contribution in [0.5, 0.6) is 5.75 Å². The van der Waals surface area contributed by atoms with Gasteiger partial charge in [-0.1, -0.05) is 27.3 Å². The molecule has 0 aliphatic carbocycles. The van der Waals surface area contributed by atoms with Crippen LogP contribution in [-0.2, 0) is 4.79 Å². The molecule has 0 bridgehead atoms. The molecule has 136 valence electrons. The lowest BCUT2D eigenvalue weighted by Gasteiger charge is -2.10. The molecule has 0 radical (unpaired) electrons. The molecule has 0 spiro atoms. The quantitative estimate of drug-likeness (QED) is 0.630. The summed E-state index contributed by atoms with van der Waals surface area (Å²) in [5.74, 6) is 0.393. The molecular formula is C19H19BrN2O3S. The molecule has 2 aromatic carbocycles. The predicted molar refractivity (Wildman–Crippen MR) is 109 cm³/mol. The number of anilines is 1. The monoisotopic (exact) mass is 434 g/mol. The highest BCUT2D eigenvalue weighted by Gasteiger charge is 2.12. The number of ether oxygens (including phenoxy) is 1. The summed E-state index contributed by atoms with van der Waals surface area (Å²) in [7, 11) is 0.